The van der Waals surface area contributed by atoms with E-state index in [9.17, 15) is 26.0 Å². The first-order valence-electron chi connectivity index (χ1n) is 4.64. The fourth-order valence-electron chi connectivity index (χ4n) is 1.12. The standard InChI is InChI=1S/C9H9F4NO3S/c10-7-2-1-6(9(11,12)13)5-8(7)14-18(16,17)4-3-15/h1-2,5,14-15H,3-4H2. The second-order valence-electron chi connectivity index (χ2n) is 3.34. The number of sulfonamides is 1. The Morgan fingerprint density at radius 2 is 1.89 bits per heavy atom. The van der Waals surface area contributed by atoms with Crippen molar-refractivity contribution in [2.24, 2.45) is 0 Å². The van der Waals surface area contributed by atoms with Crippen molar-refractivity contribution >= 4 is 15.7 Å². The minimum absolute atomic E-state index is 0.351. The highest BCUT2D eigenvalue weighted by Crippen LogP contribution is 2.32. The molecule has 1 aromatic carbocycles. The van der Waals surface area contributed by atoms with Crippen molar-refractivity contribution in [1.82, 2.24) is 0 Å². The van der Waals surface area contributed by atoms with Crippen LogP contribution in [0.2, 0.25) is 0 Å². The highest BCUT2D eigenvalue weighted by molar-refractivity contribution is 7.92. The average Bonchev–Trinajstić information content (AvgIpc) is 2.19. The van der Waals surface area contributed by atoms with Crippen LogP contribution in [0.5, 0.6) is 0 Å². The molecule has 18 heavy (non-hydrogen) atoms. The van der Waals surface area contributed by atoms with Gasteiger partial charge in [0.15, 0.2) is 0 Å². The normalized spacial score (nSPS) is 12.5. The fraction of sp³-hybridized carbons (Fsp3) is 0.333. The Labute approximate surface area is 100 Å². The Morgan fingerprint density at radius 1 is 1.28 bits per heavy atom. The number of anilines is 1. The zero-order chi connectivity index (χ0) is 14.0. The highest BCUT2D eigenvalue weighted by atomic mass is 32.2. The molecule has 9 heteroatoms. The van der Waals surface area contributed by atoms with Crippen LogP contribution in [0.3, 0.4) is 0 Å². The Bertz CT molecular complexity index is 527. The van der Waals surface area contributed by atoms with Crippen molar-refractivity contribution < 1.29 is 31.1 Å². The van der Waals surface area contributed by atoms with Gasteiger partial charge in [0.2, 0.25) is 10.0 Å². The molecule has 0 spiro atoms. The van der Waals surface area contributed by atoms with Gasteiger partial charge in [-0.3, -0.25) is 4.72 Å². The van der Waals surface area contributed by atoms with Gasteiger partial charge in [0.25, 0.3) is 0 Å². The van der Waals surface area contributed by atoms with Crippen molar-refractivity contribution in [1.29, 1.82) is 0 Å². The van der Waals surface area contributed by atoms with E-state index in [1.807, 2.05) is 0 Å². The molecular formula is C9H9F4NO3S. The van der Waals surface area contributed by atoms with Crippen LogP contribution in [0.4, 0.5) is 23.2 Å². The maximum absolute atomic E-state index is 13.2. The summed E-state index contributed by atoms with van der Waals surface area (Å²) in [5, 5.41) is 8.44. The summed E-state index contributed by atoms with van der Waals surface area (Å²) in [5.41, 5.74) is -1.98. The van der Waals surface area contributed by atoms with Crippen molar-refractivity contribution in [3.05, 3.63) is 29.6 Å². The number of hydrogen-bond donors (Lipinski definition) is 2. The average molecular weight is 287 g/mol. The molecule has 0 aromatic heterocycles. The molecule has 0 saturated carbocycles. The first-order chi connectivity index (χ1) is 8.15. The summed E-state index contributed by atoms with van der Waals surface area (Å²) in [6.07, 6.45) is -4.70. The van der Waals surface area contributed by atoms with E-state index in [0.717, 1.165) is 0 Å². The molecule has 0 aliphatic heterocycles. The molecule has 0 aliphatic rings. The van der Waals surface area contributed by atoms with Gasteiger partial charge in [-0.2, -0.15) is 13.2 Å². The number of benzene rings is 1. The minimum Gasteiger partial charge on any atom is -0.395 e. The second-order valence-corrected chi connectivity index (χ2v) is 5.18. The van der Waals surface area contributed by atoms with Gasteiger partial charge in [-0.05, 0) is 18.2 Å². The number of hydrogen-bond acceptors (Lipinski definition) is 3. The van der Waals surface area contributed by atoms with Gasteiger partial charge in [0, 0.05) is 0 Å². The van der Waals surface area contributed by atoms with E-state index in [0.29, 0.717) is 18.2 Å². The number of aliphatic hydroxyl groups excluding tert-OH is 1. The van der Waals surface area contributed by atoms with Crippen LogP contribution in [0.25, 0.3) is 0 Å². The maximum Gasteiger partial charge on any atom is 0.416 e. The van der Waals surface area contributed by atoms with Gasteiger partial charge in [-0.25, -0.2) is 12.8 Å². The van der Waals surface area contributed by atoms with E-state index in [1.165, 1.54) is 0 Å². The summed E-state index contributed by atoms with van der Waals surface area (Å²) in [6, 6.07) is 1.36. The molecule has 0 fully saturated rings. The van der Waals surface area contributed by atoms with Crippen molar-refractivity contribution in [2.45, 2.75) is 6.18 Å². The van der Waals surface area contributed by atoms with E-state index < -0.39 is 45.6 Å². The van der Waals surface area contributed by atoms with Gasteiger partial charge in [0.05, 0.1) is 23.6 Å². The van der Waals surface area contributed by atoms with Crippen LogP contribution in [-0.4, -0.2) is 25.9 Å². The van der Waals surface area contributed by atoms with Crippen molar-refractivity contribution in [2.75, 3.05) is 17.1 Å². The van der Waals surface area contributed by atoms with E-state index in [4.69, 9.17) is 5.11 Å². The number of nitrogens with one attached hydrogen (secondary N) is 1. The van der Waals surface area contributed by atoms with E-state index in [1.54, 1.807) is 4.72 Å². The predicted molar refractivity (Wildman–Crippen MR) is 55.9 cm³/mol. The maximum atomic E-state index is 13.2. The van der Waals surface area contributed by atoms with Gasteiger partial charge in [-0.15, -0.1) is 0 Å². The van der Waals surface area contributed by atoms with E-state index in [2.05, 4.69) is 0 Å². The first-order valence-corrected chi connectivity index (χ1v) is 6.29. The minimum atomic E-state index is -4.70. The zero-order valence-electron chi connectivity index (χ0n) is 8.83. The number of aliphatic hydroxyl groups is 1. The van der Waals surface area contributed by atoms with Crippen LogP contribution < -0.4 is 4.72 Å². The molecule has 0 radical (unpaired) electrons. The van der Waals surface area contributed by atoms with Gasteiger partial charge in [-0.1, -0.05) is 0 Å². The molecule has 1 aromatic rings. The lowest BCUT2D eigenvalue weighted by Gasteiger charge is -2.11. The molecule has 0 aliphatic carbocycles. The SMILES string of the molecule is O=S(=O)(CCO)Nc1cc(C(F)(F)F)ccc1F. The quantitative estimate of drug-likeness (QED) is 0.826. The molecule has 0 amide bonds. The zero-order valence-corrected chi connectivity index (χ0v) is 9.65. The summed E-state index contributed by atoms with van der Waals surface area (Å²) >= 11 is 0. The molecule has 0 saturated heterocycles. The number of alkyl halides is 3. The summed E-state index contributed by atoms with van der Waals surface area (Å²) in [4.78, 5) is 0. The Kier molecular flexibility index (Phi) is 4.17. The number of halogens is 4. The fourth-order valence-corrected chi connectivity index (χ4v) is 1.95. The van der Waals surface area contributed by atoms with E-state index in [-0.39, 0.29) is 0 Å². The molecule has 102 valence electrons. The van der Waals surface area contributed by atoms with Crippen LogP contribution in [0.15, 0.2) is 18.2 Å². The lowest BCUT2D eigenvalue weighted by molar-refractivity contribution is -0.137. The van der Waals surface area contributed by atoms with Crippen LogP contribution in [0, 0.1) is 5.82 Å². The third kappa shape index (κ3) is 3.84. The van der Waals surface area contributed by atoms with Gasteiger partial charge >= 0.3 is 6.18 Å². The molecule has 0 heterocycles. The molecule has 2 N–H and O–H groups in total. The number of rotatable bonds is 4. The lowest BCUT2D eigenvalue weighted by atomic mass is 10.2. The molecule has 0 atom stereocenters. The summed E-state index contributed by atoms with van der Waals surface area (Å²) in [7, 11) is -4.08. The third-order valence-electron chi connectivity index (χ3n) is 1.92. The smallest absolute Gasteiger partial charge is 0.395 e. The molecule has 0 bridgehead atoms. The molecule has 4 nitrogen and oxygen atoms in total. The van der Waals surface area contributed by atoms with Crippen molar-refractivity contribution in [3.63, 3.8) is 0 Å². The molecule has 0 unspecified atom stereocenters. The van der Waals surface area contributed by atoms with Crippen LogP contribution in [0.1, 0.15) is 5.56 Å². The second kappa shape index (κ2) is 5.11. The summed E-state index contributed by atoms with van der Waals surface area (Å²) in [6.45, 7) is -0.726. The van der Waals surface area contributed by atoms with Crippen LogP contribution >= 0.6 is 0 Å². The summed E-state index contributed by atoms with van der Waals surface area (Å²) < 4.78 is 74.2. The van der Waals surface area contributed by atoms with Crippen LogP contribution in [-0.2, 0) is 16.2 Å². The monoisotopic (exact) mass is 287 g/mol. The van der Waals surface area contributed by atoms with Crippen molar-refractivity contribution in [3.8, 4) is 0 Å². The Hall–Kier alpha value is -1.35. The highest BCUT2D eigenvalue weighted by Gasteiger charge is 2.31. The topological polar surface area (TPSA) is 66.4 Å². The van der Waals surface area contributed by atoms with Gasteiger partial charge < -0.3 is 5.11 Å². The molecular weight excluding hydrogens is 278 g/mol. The molecule has 1 rings (SSSR count). The lowest BCUT2D eigenvalue weighted by Crippen LogP contribution is -2.20. The first kappa shape index (κ1) is 14.7. The van der Waals surface area contributed by atoms with E-state index >= 15 is 0 Å². The predicted octanol–water partition coefficient (Wildman–Crippen LogP) is 1.58. The van der Waals surface area contributed by atoms with Gasteiger partial charge in [0.1, 0.15) is 5.82 Å². The largest absolute Gasteiger partial charge is 0.416 e. The Morgan fingerprint density at radius 3 is 2.39 bits per heavy atom. The third-order valence-corrected chi connectivity index (χ3v) is 3.17. The summed E-state index contributed by atoms with van der Waals surface area (Å²) in [5.74, 6) is -1.87. The Balaban J connectivity index is 3.10.